The van der Waals surface area contributed by atoms with Crippen molar-refractivity contribution in [2.75, 3.05) is 7.11 Å². The Kier molecular flexibility index (Phi) is 3.89. The number of hydrogen-bond donors (Lipinski definition) is 2. The minimum Gasteiger partial charge on any atom is -0.497 e. The van der Waals surface area contributed by atoms with Crippen molar-refractivity contribution in [1.29, 1.82) is 0 Å². The summed E-state index contributed by atoms with van der Waals surface area (Å²) in [7, 11) is 1.57. The van der Waals surface area contributed by atoms with E-state index in [1.165, 1.54) is 10.7 Å². The van der Waals surface area contributed by atoms with Gasteiger partial charge in [0, 0.05) is 16.7 Å². The fraction of sp³-hybridized carbons (Fsp3) is 0.0526. The first-order valence-electron chi connectivity index (χ1n) is 7.86. The molecule has 0 aliphatic heterocycles. The van der Waals surface area contributed by atoms with E-state index >= 15 is 0 Å². The summed E-state index contributed by atoms with van der Waals surface area (Å²) >= 11 is 6.21. The van der Waals surface area contributed by atoms with E-state index < -0.39 is 5.56 Å². The Bertz CT molecular complexity index is 1220. The first kappa shape index (κ1) is 16.2. The molecule has 4 rings (SSSR count). The van der Waals surface area contributed by atoms with Crippen LogP contribution in [0.3, 0.4) is 0 Å². The van der Waals surface area contributed by atoms with E-state index in [2.05, 4.69) is 10.1 Å². The Morgan fingerprint density at radius 2 is 1.77 bits per heavy atom. The van der Waals surface area contributed by atoms with Crippen molar-refractivity contribution in [1.82, 2.24) is 14.8 Å². The number of aromatic amines is 2. The quantitative estimate of drug-likeness (QED) is 0.583. The third kappa shape index (κ3) is 2.60. The molecule has 2 aromatic heterocycles. The van der Waals surface area contributed by atoms with Crippen molar-refractivity contribution in [3.8, 4) is 22.7 Å². The van der Waals surface area contributed by atoms with Gasteiger partial charge >= 0.3 is 0 Å². The molecule has 0 fully saturated rings. The summed E-state index contributed by atoms with van der Waals surface area (Å²) in [5, 5.41) is 3.53. The van der Waals surface area contributed by atoms with Crippen LogP contribution >= 0.6 is 11.6 Å². The SMILES string of the molecule is COc1ccc(-n2[nH]c3[nH]c(-c4ccccc4Cl)cc(=O)c3c2=O)cc1. The second-order valence-corrected chi connectivity index (χ2v) is 6.13. The molecule has 4 aromatic rings. The Morgan fingerprint density at radius 1 is 1.04 bits per heavy atom. The molecule has 0 unspecified atom stereocenters. The average molecular weight is 368 g/mol. The highest BCUT2D eigenvalue weighted by atomic mass is 35.5. The molecule has 2 heterocycles. The van der Waals surface area contributed by atoms with Crippen molar-refractivity contribution in [2.45, 2.75) is 0 Å². The molecule has 2 N–H and O–H groups in total. The lowest BCUT2D eigenvalue weighted by atomic mass is 10.1. The van der Waals surface area contributed by atoms with Gasteiger partial charge in [-0.25, -0.2) is 4.68 Å². The van der Waals surface area contributed by atoms with Crippen LogP contribution in [0.15, 0.2) is 64.2 Å². The maximum Gasteiger partial charge on any atom is 0.284 e. The maximum absolute atomic E-state index is 12.7. The minimum atomic E-state index is -0.419. The number of nitrogens with zero attached hydrogens (tertiary/aromatic N) is 1. The number of methoxy groups -OCH3 is 1. The highest BCUT2D eigenvalue weighted by Gasteiger charge is 2.14. The fourth-order valence-electron chi connectivity index (χ4n) is 2.87. The molecule has 130 valence electrons. The van der Waals surface area contributed by atoms with Crippen LogP contribution in [0, 0.1) is 0 Å². The van der Waals surface area contributed by atoms with Gasteiger partial charge < -0.3 is 9.72 Å². The summed E-state index contributed by atoms with van der Waals surface area (Å²) in [6, 6.07) is 15.5. The zero-order valence-electron chi connectivity index (χ0n) is 13.7. The van der Waals surface area contributed by atoms with E-state index in [0.717, 1.165) is 0 Å². The van der Waals surface area contributed by atoms with Gasteiger partial charge in [-0.3, -0.25) is 14.7 Å². The number of fused-ring (bicyclic) bond motifs is 1. The fourth-order valence-corrected chi connectivity index (χ4v) is 3.11. The van der Waals surface area contributed by atoms with Gasteiger partial charge in [0.25, 0.3) is 5.56 Å². The van der Waals surface area contributed by atoms with Gasteiger partial charge in [0.1, 0.15) is 16.8 Å². The largest absolute Gasteiger partial charge is 0.497 e. The van der Waals surface area contributed by atoms with Crippen molar-refractivity contribution < 1.29 is 4.74 Å². The third-order valence-electron chi connectivity index (χ3n) is 4.17. The van der Waals surface area contributed by atoms with Crippen LogP contribution < -0.4 is 15.7 Å². The van der Waals surface area contributed by atoms with Crippen LogP contribution in [0.1, 0.15) is 0 Å². The molecular weight excluding hydrogens is 354 g/mol. The van der Waals surface area contributed by atoms with Crippen LogP contribution in [0.4, 0.5) is 0 Å². The molecule has 2 aromatic carbocycles. The van der Waals surface area contributed by atoms with Crippen molar-refractivity contribution in [3.63, 3.8) is 0 Å². The second-order valence-electron chi connectivity index (χ2n) is 5.73. The van der Waals surface area contributed by atoms with Gasteiger partial charge in [0.15, 0.2) is 5.43 Å². The standard InChI is InChI=1S/C19H14ClN3O3/c1-26-12-8-6-11(7-9-12)23-19(25)17-16(24)10-15(21-18(17)22-23)13-4-2-3-5-14(13)20/h2-10H,1H3,(H2,21,22,24). The van der Waals surface area contributed by atoms with E-state index in [1.807, 2.05) is 12.1 Å². The number of hydrogen-bond acceptors (Lipinski definition) is 3. The summed E-state index contributed by atoms with van der Waals surface area (Å²) in [4.78, 5) is 28.3. The number of H-pyrrole nitrogens is 2. The van der Waals surface area contributed by atoms with Crippen molar-refractivity contribution in [3.05, 3.63) is 80.2 Å². The molecule has 6 nitrogen and oxygen atoms in total. The van der Waals surface area contributed by atoms with Gasteiger partial charge in [-0.15, -0.1) is 0 Å². The van der Waals surface area contributed by atoms with Crippen molar-refractivity contribution in [2.24, 2.45) is 0 Å². The lowest BCUT2D eigenvalue weighted by molar-refractivity contribution is 0.414. The molecule has 0 atom stereocenters. The van der Waals surface area contributed by atoms with E-state index in [4.69, 9.17) is 16.3 Å². The van der Waals surface area contributed by atoms with Gasteiger partial charge in [0.05, 0.1) is 18.5 Å². The van der Waals surface area contributed by atoms with E-state index in [-0.39, 0.29) is 10.8 Å². The monoisotopic (exact) mass is 367 g/mol. The molecule has 0 amide bonds. The van der Waals surface area contributed by atoms with Crippen molar-refractivity contribution >= 4 is 22.6 Å². The van der Waals surface area contributed by atoms with Crippen LogP contribution in [0.5, 0.6) is 5.75 Å². The van der Waals surface area contributed by atoms with Crippen LogP contribution in [0.25, 0.3) is 28.0 Å². The number of ether oxygens (including phenoxy) is 1. The third-order valence-corrected chi connectivity index (χ3v) is 4.50. The molecule has 0 aliphatic carbocycles. The first-order chi connectivity index (χ1) is 12.6. The Hall–Kier alpha value is -3.25. The summed E-state index contributed by atoms with van der Waals surface area (Å²) in [5.41, 5.74) is 1.37. The topological polar surface area (TPSA) is 79.9 Å². The Labute approximate surface area is 152 Å². The zero-order valence-corrected chi connectivity index (χ0v) is 14.5. The molecule has 0 radical (unpaired) electrons. The Morgan fingerprint density at radius 3 is 2.46 bits per heavy atom. The number of aromatic nitrogens is 3. The average Bonchev–Trinajstić information content (AvgIpc) is 2.99. The molecular formula is C19H14ClN3O3. The van der Waals surface area contributed by atoms with Gasteiger partial charge in [-0.2, -0.15) is 0 Å². The molecule has 7 heteroatoms. The maximum atomic E-state index is 12.7. The number of nitrogens with one attached hydrogen (secondary N) is 2. The molecule has 0 saturated heterocycles. The predicted molar refractivity (Wildman–Crippen MR) is 102 cm³/mol. The minimum absolute atomic E-state index is 0.0663. The summed E-state index contributed by atoms with van der Waals surface area (Å²) in [6.45, 7) is 0. The molecule has 26 heavy (non-hydrogen) atoms. The molecule has 0 aliphatic rings. The smallest absolute Gasteiger partial charge is 0.284 e. The van der Waals surface area contributed by atoms with E-state index in [0.29, 0.717) is 33.4 Å². The van der Waals surface area contributed by atoms with Crippen LogP contribution in [0.2, 0.25) is 5.02 Å². The lowest BCUT2D eigenvalue weighted by Gasteiger charge is -2.04. The zero-order chi connectivity index (χ0) is 18.3. The van der Waals surface area contributed by atoms with Crippen LogP contribution in [-0.2, 0) is 0 Å². The summed E-state index contributed by atoms with van der Waals surface area (Å²) in [6.07, 6.45) is 0. The number of rotatable bonds is 3. The van der Waals surface area contributed by atoms with E-state index in [1.54, 1.807) is 43.5 Å². The van der Waals surface area contributed by atoms with Gasteiger partial charge in [-0.05, 0) is 30.3 Å². The lowest BCUT2D eigenvalue weighted by Crippen LogP contribution is -2.18. The summed E-state index contributed by atoms with van der Waals surface area (Å²) < 4.78 is 6.44. The van der Waals surface area contributed by atoms with Crippen LogP contribution in [-0.4, -0.2) is 21.9 Å². The highest BCUT2D eigenvalue weighted by molar-refractivity contribution is 6.33. The van der Waals surface area contributed by atoms with E-state index in [9.17, 15) is 9.59 Å². The second kappa shape index (κ2) is 6.24. The van der Waals surface area contributed by atoms with Gasteiger partial charge in [-0.1, -0.05) is 29.8 Å². The molecule has 0 bridgehead atoms. The summed E-state index contributed by atoms with van der Waals surface area (Å²) in [5.74, 6) is 0.676. The Balaban J connectivity index is 1.92. The number of halogens is 1. The first-order valence-corrected chi connectivity index (χ1v) is 8.23. The number of benzene rings is 2. The normalized spacial score (nSPS) is 11.0. The van der Waals surface area contributed by atoms with Gasteiger partial charge in [0.2, 0.25) is 0 Å². The molecule has 0 spiro atoms. The highest BCUT2D eigenvalue weighted by Crippen LogP contribution is 2.25. The number of pyridine rings is 1. The predicted octanol–water partition coefficient (Wildman–Crippen LogP) is 3.34. The molecule has 0 saturated carbocycles.